The van der Waals surface area contributed by atoms with Crippen molar-refractivity contribution in [1.29, 1.82) is 0 Å². The van der Waals surface area contributed by atoms with Crippen LogP contribution in [0.2, 0.25) is 0 Å². The van der Waals surface area contributed by atoms with E-state index in [1.165, 1.54) is 5.56 Å². The minimum absolute atomic E-state index is 0.0676. The van der Waals surface area contributed by atoms with Gasteiger partial charge in [0.2, 0.25) is 5.91 Å². The molecule has 1 fully saturated rings. The van der Waals surface area contributed by atoms with Gasteiger partial charge in [0.05, 0.1) is 17.6 Å². The first-order chi connectivity index (χ1) is 17.1. The minimum atomic E-state index is 0.0676. The molecule has 3 aromatic carbocycles. The lowest BCUT2D eigenvalue weighted by atomic mass is 9.96. The van der Waals surface area contributed by atoms with E-state index in [1.54, 1.807) is 0 Å². The Morgan fingerprint density at radius 1 is 1.03 bits per heavy atom. The lowest BCUT2D eigenvalue weighted by molar-refractivity contribution is -0.126. The number of amides is 1. The highest BCUT2D eigenvalue weighted by molar-refractivity contribution is 5.78. The predicted molar refractivity (Wildman–Crippen MR) is 138 cm³/mol. The summed E-state index contributed by atoms with van der Waals surface area (Å²) in [7, 11) is 0. The van der Waals surface area contributed by atoms with Gasteiger partial charge in [-0.15, -0.1) is 0 Å². The number of carbonyl (C=O) groups is 1. The quantitative estimate of drug-likeness (QED) is 0.383. The Bertz CT molecular complexity index is 1260. The highest BCUT2D eigenvalue weighted by Crippen LogP contribution is 2.21. The zero-order chi connectivity index (χ0) is 24.0. The van der Waals surface area contributed by atoms with Gasteiger partial charge in [0.25, 0.3) is 0 Å². The second-order valence-electron chi connectivity index (χ2n) is 9.39. The van der Waals surface area contributed by atoms with E-state index < -0.39 is 0 Å². The van der Waals surface area contributed by atoms with Crippen molar-refractivity contribution in [2.24, 2.45) is 5.92 Å². The smallest absolute Gasteiger partial charge is 0.223 e. The molecule has 4 aromatic rings. The molecule has 0 saturated carbocycles. The number of piperidine rings is 1. The molecule has 1 amide bonds. The van der Waals surface area contributed by atoms with Crippen molar-refractivity contribution in [2.45, 2.75) is 39.5 Å². The predicted octanol–water partition coefficient (Wildman–Crippen LogP) is 4.98. The number of hydrogen-bond acceptors (Lipinski definition) is 4. The molecule has 35 heavy (non-hydrogen) atoms. The lowest BCUT2D eigenvalue weighted by Crippen LogP contribution is -2.40. The van der Waals surface area contributed by atoms with Gasteiger partial charge in [-0.2, -0.15) is 0 Å². The number of carbonyl (C=O) groups excluding carboxylic acids is 1. The normalized spacial score (nSPS) is 14.8. The summed E-state index contributed by atoms with van der Waals surface area (Å²) in [6.07, 6.45) is 1.74. The van der Waals surface area contributed by atoms with Crippen molar-refractivity contribution >= 4 is 16.9 Å². The lowest BCUT2D eigenvalue weighted by Gasteiger charge is -2.30. The molecule has 6 heteroatoms. The van der Waals surface area contributed by atoms with E-state index in [4.69, 9.17) is 9.72 Å². The Hall–Kier alpha value is -3.64. The first-order valence-corrected chi connectivity index (χ1v) is 12.3. The minimum Gasteiger partial charge on any atom is -0.489 e. The second kappa shape index (κ2) is 10.7. The standard InChI is InChI=1S/C29H32N4O2/c1-21-7-12-26-27(17-21)32-28(31-26)19-33-15-13-24(14-16-33)29(34)30-18-22-8-10-25(11-9-22)35-20-23-5-3-2-4-6-23/h2-12,17,24H,13-16,18-20H2,1H3,(H,30,34)(H,31,32). The van der Waals surface area contributed by atoms with Crippen molar-refractivity contribution in [2.75, 3.05) is 13.1 Å². The van der Waals surface area contributed by atoms with Gasteiger partial charge in [0, 0.05) is 12.5 Å². The third-order valence-electron chi connectivity index (χ3n) is 6.66. The van der Waals surface area contributed by atoms with Crippen LogP contribution in [0, 0.1) is 12.8 Å². The SMILES string of the molecule is Cc1ccc2nc(CN3CCC(C(=O)NCc4ccc(OCc5ccccc5)cc4)CC3)[nH]c2c1. The molecule has 6 nitrogen and oxygen atoms in total. The van der Waals surface area contributed by atoms with E-state index in [2.05, 4.69) is 40.3 Å². The van der Waals surface area contributed by atoms with Gasteiger partial charge in [-0.05, 0) is 73.8 Å². The number of fused-ring (bicyclic) bond motifs is 1. The summed E-state index contributed by atoms with van der Waals surface area (Å²) in [5, 5.41) is 3.12. The molecule has 2 N–H and O–H groups in total. The summed E-state index contributed by atoms with van der Waals surface area (Å²) in [5.74, 6) is 2.03. The van der Waals surface area contributed by atoms with Crippen molar-refractivity contribution < 1.29 is 9.53 Å². The van der Waals surface area contributed by atoms with Crippen molar-refractivity contribution in [3.8, 4) is 5.75 Å². The van der Waals surface area contributed by atoms with Gasteiger partial charge in [-0.3, -0.25) is 9.69 Å². The Balaban J connectivity index is 1.05. The molecule has 1 saturated heterocycles. The topological polar surface area (TPSA) is 70.2 Å². The molecule has 1 aliphatic rings. The number of aromatic amines is 1. The molecule has 180 valence electrons. The van der Waals surface area contributed by atoms with Crippen molar-refractivity contribution in [3.63, 3.8) is 0 Å². The van der Waals surface area contributed by atoms with Crippen LogP contribution >= 0.6 is 0 Å². The molecule has 0 radical (unpaired) electrons. The maximum absolute atomic E-state index is 12.7. The number of rotatable bonds is 8. The Morgan fingerprint density at radius 3 is 2.57 bits per heavy atom. The third-order valence-corrected chi connectivity index (χ3v) is 6.66. The Kier molecular flexibility index (Phi) is 7.09. The van der Waals surface area contributed by atoms with Crippen LogP contribution in [0.15, 0.2) is 72.8 Å². The van der Waals surface area contributed by atoms with Crippen molar-refractivity contribution in [1.82, 2.24) is 20.2 Å². The van der Waals surface area contributed by atoms with Crippen LogP contribution in [0.4, 0.5) is 0 Å². The fourth-order valence-electron chi connectivity index (χ4n) is 4.59. The Labute approximate surface area is 206 Å². The summed E-state index contributed by atoms with van der Waals surface area (Å²) in [4.78, 5) is 23.3. The number of nitrogens with zero attached hydrogens (tertiary/aromatic N) is 2. The van der Waals surface area contributed by atoms with Gasteiger partial charge in [-0.25, -0.2) is 4.98 Å². The maximum Gasteiger partial charge on any atom is 0.223 e. The molecule has 1 aliphatic heterocycles. The highest BCUT2D eigenvalue weighted by Gasteiger charge is 2.25. The number of likely N-dealkylation sites (tertiary alicyclic amines) is 1. The number of nitrogens with one attached hydrogen (secondary N) is 2. The zero-order valence-corrected chi connectivity index (χ0v) is 20.2. The number of aryl methyl sites for hydroxylation is 1. The molecular weight excluding hydrogens is 436 g/mol. The number of ether oxygens (including phenoxy) is 1. The molecule has 5 rings (SSSR count). The summed E-state index contributed by atoms with van der Waals surface area (Å²) >= 11 is 0. The summed E-state index contributed by atoms with van der Waals surface area (Å²) in [6.45, 7) is 5.78. The molecule has 0 unspecified atom stereocenters. The molecule has 1 aromatic heterocycles. The fourth-order valence-corrected chi connectivity index (χ4v) is 4.59. The molecule has 0 aliphatic carbocycles. The van der Waals surface area contributed by atoms with Crippen LogP contribution < -0.4 is 10.1 Å². The van der Waals surface area contributed by atoms with Crippen LogP contribution in [0.3, 0.4) is 0 Å². The molecule has 0 spiro atoms. The average molecular weight is 469 g/mol. The Morgan fingerprint density at radius 2 is 1.80 bits per heavy atom. The first-order valence-electron chi connectivity index (χ1n) is 12.3. The van der Waals surface area contributed by atoms with Crippen molar-refractivity contribution in [3.05, 3.63) is 95.3 Å². The van der Waals surface area contributed by atoms with E-state index in [9.17, 15) is 4.79 Å². The molecular formula is C29H32N4O2. The van der Waals surface area contributed by atoms with E-state index in [0.29, 0.717) is 13.2 Å². The first kappa shape index (κ1) is 23.1. The number of hydrogen-bond donors (Lipinski definition) is 2. The third kappa shape index (κ3) is 6.08. The van der Waals surface area contributed by atoms with Gasteiger partial charge < -0.3 is 15.0 Å². The van der Waals surface area contributed by atoms with Crippen LogP contribution in [-0.2, 0) is 24.5 Å². The maximum atomic E-state index is 12.7. The van der Waals surface area contributed by atoms with Gasteiger partial charge in [0.15, 0.2) is 0 Å². The molecule has 0 atom stereocenters. The van der Waals surface area contributed by atoms with E-state index in [-0.39, 0.29) is 11.8 Å². The van der Waals surface area contributed by atoms with Crippen LogP contribution in [-0.4, -0.2) is 33.9 Å². The molecule has 2 heterocycles. The molecule has 0 bridgehead atoms. The summed E-state index contributed by atoms with van der Waals surface area (Å²) in [6, 6.07) is 24.3. The number of H-pyrrole nitrogens is 1. The van der Waals surface area contributed by atoms with E-state index >= 15 is 0 Å². The van der Waals surface area contributed by atoms with Gasteiger partial charge in [0.1, 0.15) is 18.2 Å². The zero-order valence-electron chi connectivity index (χ0n) is 20.2. The second-order valence-corrected chi connectivity index (χ2v) is 9.39. The van der Waals surface area contributed by atoms with Gasteiger partial charge in [-0.1, -0.05) is 48.5 Å². The van der Waals surface area contributed by atoms with Crippen LogP contribution in [0.25, 0.3) is 11.0 Å². The van der Waals surface area contributed by atoms with Crippen LogP contribution in [0.5, 0.6) is 5.75 Å². The summed E-state index contributed by atoms with van der Waals surface area (Å²) < 4.78 is 5.84. The fraction of sp³-hybridized carbons (Fsp3) is 0.310. The largest absolute Gasteiger partial charge is 0.489 e. The average Bonchev–Trinajstić information content (AvgIpc) is 3.29. The van der Waals surface area contributed by atoms with Gasteiger partial charge >= 0.3 is 0 Å². The summed E-state index contributed by atoms with van der Waals surface area (Å²) in [5.41, 5.74) is 5.54. The van der Waals surface area contributed by atoms with E-state index in [0.717, 1.165) is 66.2 Å². The van der Waals surface area contributed by atoms with E-state index in [1.807, 2.05) is 54.6 Å². The number of aromatic nitrogens is 2. The van der Waals surface area contributed by atoms with Crippen LogP contribution in [0.1, 0.15) is 35.4 Å². The number of imidazole rings is 1. The monoisotopic (exact) mass is 468 g/mol. The highest BCUT2D eigenvalue weighted by atomic mass is 16.5. The number of benzene rings is 3.